The lowest BCUT2D eigenvalue weighted by atomic mass is 10.1. The Morgan fingerprint density at radius 3 is 0.944 bits per heavy atom. The molecule has 1 saturated heterocycles. The molecule has 1 heterocycles. The van der Waals surface area contributed by atoms with E-state index < -0.39 is 0 Å². The summed E-state index contributed by atoms with van der Waals surface area (Å²) in [6, 6.07) is 0. The average molecular weight is 510 g/mol. The van der Waals surface area contributed by atoms with Crippen LogP contribution in [0.5, 0.6) is 0 Å². The standard InChI is InChI=1S/C33H67NO2/c1-4-6-8-10-12-14-16-18-20-22-24-26-28-35-32-30-34(3)31-33(32)36-29-27-25-23-21-19-17-15-13-11-9-7-5-2/h32-33H,4-31H2,1-3H3/t32-,33-/m1/s1. The second-order valence-corrected chi connectivity index (χ2v) is 11.8. The van der Waals surface area contributed by atoms with E-state index >= 15 is 0 Å². The quantitative estimate of drug-likeness (QED) is 0.0979. The molecule has 0 saturated carbocycles. The fourth-order valence-electron chi connectivity index (χ4n) is 5.60. The van der Waals surface area contributed by atoms with Gasteiger partial charge in [0.15, 0.2) is 0 Å². The van der Waals surface area contributed by atoms with Gasteiger partial charge >= 0.3 is 0 Å². The lowest BCUT2D eigenvalue weighted by molar-refractivity contribution is -0.0481. The highest BCUT2D eigenvalue weighted by molar-refractivity contribution is 4.84. The molecular formula is C33H67NO2. The zero-order valence-electron chi connectivity index (χ0n) is 25.2. The van der Waals surface area contributed by atoms with Crippen molar-refractivity contribution in [3.05, 3.63) is 0 Å². The van der Waals surface area contributed by atoms with Gasteiger partial charge in [0.1, 0.15) is 0 Å². The Kier molecular flexibility index (Phi) is 24.9. The van der Waals surface area contributed by atoms with Gasteiger partial charge in [0.05, 0.1) is 12.2 Å². The number of hydrogen-bond acceptors (Lipinski definition) is 3. The Balaban J connectivity index is 1.88. The predicted molar refractivity (Wildman–Crippen MR) is 159 cm³/mol. The molecule has 0 radical (unpaired) electrons. The van der Waals surface area contributed by atoms with Crippen LogP contribution in [0.15, 0.2) is 0 Å². The molecule has 0 aromatic carbocycles. The van der Waals surface area contributed by atoms with E-state index in [-0.39, 0.29) is 12.2 Å². The first-order chi connectivity index (χ1) is 17.8. The first-order valence-corrected chi connectivity index (χ1v) is 16.7. The molecule has 0 amide bonds. The van der Waals surface area contributed by atoms with Crippen LogP contribution in [0.25, 0.3) is 0 Å². The van der Waals surface area contributed by atoms with Gasteiger partial charge in [-0.25, -0.2) is 0 Å². The maximum atomic E-state index is 6.28. The maximum Gasteiger partial charge on any atom is 0.0975 e. The summed E-state index contributed by atoms with van der Waals surface area (Å²) in [4.78, 5) is 2.37. The number of likely N-dealkylation sites (N-methyl/N-ethyl adjacent to an activating group) is 1. The number of unbranched alkanes of at least 4 members (excludes halogenated alkanes) is 22. The van der Waals surface area contributed by atoms with Gasteiger partial charge < -0.3 is 14.4 Å². The van der Waals surface area contributed by atoms with Gasteiger partial charge in [0.25, 0.3) is 0 Å². The Morgan fingerprint density at radius 2 is 0.667 bits per heavy atom. The third-order valence-electron chi connectivity index (χ3n) is 8.06. The van der Waals surface area contributed by atoms with Crippen molar-refractivity contribution in [2.24, 2.45) is 0 Å². The molecule has 0 aliphatic carbocycles. The van der Waals surface area contributed by atoms with Gasteiger partial charge in [0, 0.05) is 26.3 Å². The Bertz CT molecular complexity index is 392. The van der Waals surface area contributed by atoms with Gasteiger partial charge in [-0.2, -0.15) is 0 Å². The summed E-state index contributed by atoms with van der Waals surface area (Å²) in [7, 11) is 2.20. The van der Waals surface area contributed by atoms with Crippen molar-refractivity contribution in [3.63, 3.8) is 0 Å². The summed E-state index contributed by atoms with van der Waals surface area (Å²) in [6.45, 7) is 8.47. The van der Waals surface area contributed by atoms with E-state index in [0.717, 1.165) is 26.3 Å². The highest BCUT2D eigenvalue weighted by Crippen LogP contribution is 2.18. The number of nitrogens with zero attached hydrogens (tertiary/aromatic N) is 1. The van der Waals surface area contributed by atoms with Crippen LogP contribution in [-0.2, 0) is 9.47 Å². The molecule has 0 N–H and O–H groups in total. The minimum absolute atomic E-state index is 0.278. The summed E-state index contributed by atoms with van der Waals surface area (Å²) < 4.78 is 12.6. The van der Waals surface area contributed by atoms with E-state index in [1.54, 1.807) is 0 Å². The molecule has 1 aliphatic heterocycles. The second-order valence-electron chi connectivity index (χ2n) is 11.8. The SMILES string of the molecule is CCCCCCCCCCCCCCO[C@@H]1CN(C)C[C@H]1OCCCCCCCCCCCCCC. The maximum absolute atomic E-state index is 6.28. The molecule has 0 spiro atoms. The van der Waals surface area contributed by atoms with Crippen molar-refractivity contribution in [1.82, 2.24) is 4.90 Å². The zero-order valence-corrected chi connectivity index (χ0v) is 25.2. The first kappa shape index (κ1) is 33.9. The average Bonchev–Trinajstić information content (AvgIpc) is 3.23. The molecule has 216 valence electrons. The van der Waals surface area contributed by atoms with Crippen molar-refractivity contribution >= 4 is 0 Å². The number of likely N-dealkylation sites (tertiary alicyclic amines) is 1. The van der Waals surface area contributed by atoms with E-state index in [0.29, 0.717) is 0 Å². The summed E-state index contributed by atoms with van der Waals surface area (Å²) in [5.41, 5.74) is 0. The van der Waals surface area contributed by atoms with Crippen LogP contribution in [0.2, 0.25) is 0 Å². The van der Waals surface area contributed by atoms with Crippen LogP contribution >= 0.6 is 0 Å². The summed E-state index contributed by atoms with van der Waals surface area (Å²) >= 11 is 0. The molecule has 1 rings (SSSR count). The van der Waals surface area contributed by atoms with E-state index in [2.05, 4.69) is 25.8 Å². The van der Waals surface area contributed by atoms with E-state index in [1.165, 1.54) is 154 Å². The summed E-state index contributed by atoms with van der Waals surface area (Å²) in [5, 5.41) is 0. The molecule has 3 nitrogen and oxygen atoms in total. The highest BCUT2D eigenvalue weighted by Gasteiger charge is 2.32. The molecule has 3 heteroatoms. The van der Waals surface area contributed by atoms with E-state index in [9.17, 15) is 0 Å². The topological polar surface area (TPSA) is 21.7 Å². The van der Waals surface area contributed by atoms with Crippen molar-refractivity contribution in [1.29, 1.82) is 0 Å². The van der Waals surface area contributed by atoms with Crippen LogP contribution in [0, 0.1) is 0 Å². The summed E-state index contributed by atoms with van der Waals surface area (Å²) in [6.07, 6.45) is 34.1. The lowest BCUT2D eigenvalue weighted by Crippen LogP contribution is -2.30. The third-order valence-corrected chi connectivity index (χ3v) is 8.06. The third kappa shape index (κ3) is 20.9. The fraction of sp³-hybridized carbons (Fsp3) is 1.00. The van der Waals surface area contributed by atoms with Crippen LogP contribution in [0.3, 0.4) is 0 Å². The predicted octanol–water partition coefficient (Wildman–Crippen LogP) is 10.1. The Hall–Kier alpha value is -0.120. The second kappa shape index (κ2) is 26.5. The molecule has 0 bridgehead atoms. The first-order valence-electron chi connectivity index (χ1n) is 16.7. The smallest absolute Gasteiger partial charge is 0.0975 e. The fourth-order valence-corrected chi connectivity index (χ4v) is 5.60. The zero-order chi connectivity index (χ0) is 25.9. The van der Waals surface area contributed by atoms with Gasteiger partial charge in [-0.3, -0.25) is 0 Å². The molecule has 0 aromatic rings. The molecule has 2 atom stereocenters. The number of hydrogen-bond donors (Lipinski definition) is 0. The molecule has 0 unspecified atom stereocenters. The molecule has 0 aromatic heterocycles. The Labute approximate surface area is 227 Å². The number of rotatable bonds is 28. The minimum Gasteiger partial charge on any atom is -0.374 e. The van der Waals surface area contributed by atoms with Crippen molar-refractivity contribution in [2.45, 2.75) is 180 Å². The highest BCUT2D eigenvalue weighted by atomic mass is 16.5. The molecular weight excluding hydrogens is 442 g/mol. The van der Waals surface area contributed by atoms with Crippen LogP contribution in [0.1, 0.15) is 168 Å². The van der Waals surface area contributed by atoms with Crippen LogP contribution in [-0.4, -0.2) is 50.5 Å². The van der Waals surface area contributed by atoms with Gasteiger partial charge in [-0.05, 0) is 19.9 Å². The van der Waals surface area contributed by atoms with Gasteiger partial charge in [-0.1, -0.05) is 155 Å². The molecule has 36 heavy (non-hydrogen) atoms. The minimum atomic E-state index is 0.278. The number of ether oxygens (including phenoxy) is 2. The van der Waals surface area contributed by atoms with Gasteiger partial charge in [0.2, 0.25) is 0 Å². The molecule has 1 aliphatic rings. The van der Waals surface area contributed by atoms with E-state index in [1.807, 2.05) is 0 Å². The van der Waals surface area contributed by atoms with Crippen LogP contribution < -0.4 is 0 Å². The largest absolute Gasteiger partial charge is 0.374 e. The normalized spacial score (nSPS) is 18.4. The summed E-state index contributed by atoms with van der Waals surface area (Å²) in [5.74, 6) is 0. The Morgan fingerprint density at radius 1 is 0.417 bits per heavy atom. The van der Waals surface area contributed by atoms with Crippen molar-refractivity contribution in [3.8, 4) is 0 Å². The van der Waals surface area contributed by atoms with Gasteiger partial charge in [-0.15, -0.1) is 0 Å². The van der Waals surface area contributed by atoms with E-state index in [4.69, 9.17) is 9.47 Å². The van der Waals surface area contributed by atoms with Crippen molar-refractivity contribution in [2.75, 3.05) is 33.4 Å². The monoisotopic (exact) mass is 510 g/mol. The lowest BCUT2D eigenvalue weighted by Gasteiger charge is -2.20. The molecule has 1 fully saturated rings. The van der Waals surface area contributed by atoms with Crippen molar-refractivity contribution < 1.29 is 9.47 Å². The van der Waals surface area contributed by atoms with Crippen LogP contribution in [0.4, 0.5) is 0 Å².